The van der Waals surface area contributed by atoms with Gasteiger partial charge in [0.1, 0.15) is 6.54 Å². The summed E-state index contributed by atoms with van der Waals surface area (Å²) >= 11 is 0. The molecule has 18 heavy (non-hydrogen) atoms. The molecule has 1 atom stereocenters. The van der Waals surface area contributed by atoms with Crippen molar-refractivity contribution in [2.45, 2.75) is 45.6 Å². The summed E-state index contributed by atoms with van der Waals surface area (Å²) in [6, 6.07) is 6.30. The van der Waals surface area contributed by atoms with E-state index in [0.717, 1.165) is 12.1 Å². The second-order valence-corrected chi connectivity index (χ2v) is 5.96. The summed E-state index contributed by atoms with van der Waals surface area (Å²) in [6.07, 6.45) is 0.983. The van der Waals surface area contributed by atoms with Gasteiger partial charge in [-0.3, -0.25) is 4.79 Å². The number of nitrogens with zero attached hydrogens (tertiary/aromatic N) is 1. The van der Waals surface area contributed by atoms with E-state index >= 15 is 0 Å². The predicted octanol–water partition coefficient (Wildman–Crippen LogP) is 3.17. The van der Waals surface area contributed by atoms with Gasteiger partial charge in [0.05, 0.1) is 0 Å². The Labute approximate surface area is 108 Å². The first-order valence-electron chi connectivity index (χ1n) is 6.41. The zero-order chi connectivity index (χ0) is 13.5. The number of aryl methyl sites for hydroxylation is 1. The Morgan fingerprint density at radius 2 is 2.17 bits per heavy atom. The maximum Gasteiger partial charge on any atom is 0.323 e. The van der Waals surface area contributed by atoms with Gasteiger partial charge in [-0.1, -0.05) is 24.6 Å². The normalized spacial score (nSPS) is 21.6. The Morgan fingerprint density at radius 3 is 2.78 bits per heavy atom. The molecule has 1 N–H and O–H groups in total. The fourth-order valence-electron chi connectivity index (χ4n) is 3.04. The van der Waals surface area contributed by atoms with Crippen LogP contribution in [-0.4, -0.2) is 23.2 Å². The maximum absolute atomic E-state index is 11.1. The van der Waals surface area contributed by atoms with Gasteiger partial charge < -0.3 is 10.0 Å². The number of aliphatic carboxylic acids is 1. The zero-order valence-electron chi connectivity index (χ0n) is 11.5. The van der Waals surface area contributed by atoms with Gasteiger partial charge in [-0.25, -0.2) is 0 Å². The Hall–Kier alpha value is -1.51. The van der Waals surface area contributed by atoms with Crippen LogP contribution in [0.1, 0.15) is 44.2 Å². The van der Waals surface area contributed by atoms with E-state index in [2.05, 4.69) is 45.9 Å². The van der Waals surface area contributed by atoms with E-state index in [-0.39, 0.29) is 12.1 Å². The maximum atomic E-state index is 11.1. The molecule has 1 aromatic rings. The summed E-state index contributed by atoms with van der Waals surface area (Å²) in [7, 11) is 0. The van der Waals surface area contributed by atoms with Gasteiger partial charge in [-0.15, -0.1) is 0 Å². The van der Waals surface area contributed by atoms with Crippen LogP contribution in [0, 0.1) is 6.92 Å². The molecular formula is C15H21NO2. The highest BCUT2D eigenvalue weighted by Gasteiger charge is 2.37. The summed E-state index contributed by atoms with van der Waals surface area (Å²) in [5.74, 6) is -0.302. The lowest BCUT2D eigenvalue weighted by atomic mass is 9.79. The van der Waals surface area contributed by atoms with Crippen molar-refractivity contribution >= 4 is 11.7 Å². The van der Waals surface area contributed by atoms with Gasteiger partial charge in [-0.05, 0) is 44.7 Å². The molecule has 98 valence electrons. The third kappa shape index (κ3) is 2.22. The average Bonchev–Trinajstić information content (AvgIpc) is 2.23. The smallest absolute Gasteiger partial charge is 0.323 e. The van der Waals surface area contributed by atoms with Gasteiger partial charge >= 0.3 is 5.97 Å². The predicted molar refractivity (Wildman–Crippen MR) is 73.3 cm³/mol. The van der Waals surface area contributed by atoms with E-state index in [4.69, 9.17) is 5.11 Å². The number of carboxylic acids is 1. The minimum Gasteiger partial charge on any atom is -0.480 e. The molecule has 0 aromatic heterocycles. The van der Waals surface area contributed by atoms with E-state index < -0.39 is 5.97 Å². The highest BCUT2D eigenvalue weighted by atomic mass is 16.4. The van der Waals surface area contributed by atoms with Crippen LogP contribution in [0.5, 0.6) is 0 Å². The highest BCUT2D eigenvalue weighted by molar-refractivity contribution is 5.76. The molecule has 0 fully saturated rings. The van der Waals surface area contributed by atoms with Crippen LogP contribution < -0.4 is 4.90 Å². The Kier molecular flexibility index (Phi) is 3.09. The van der Waals surface area contributed by atoms with Crippen molar-refractivity contribution in [1.82, 2.24) is 0 Å². The van der Waals surface area contributed by atoms with Gasteiger partial charge in [0.15, 0.2) is 0 Å². The zero-order valence-corrected chi connectivity index (χ0v) is 11.5. The minimum atomic E-state index is -0.774. The summed E-state index contributed by atoms with van der Waals surface area (Å²) in [6.45, 7) is 8.60. The molecule has 0 saturated heterocycles. The molecule has 0 aliphatic carbocycles. The van der Waals surface area contributed by atoms with Crippen molar-refractivity contribution in [2.75, 3.05) is 11.4 Å². The number of hydrogen-bond donors (Lipinski definition) is 1. The number of fused-ring (bicyclic) bond motifs is 1. The number of benzene rings is 1. The van der Waals surface area contributed by atoms with Crippen molar-refractivity contribution < 1.29 is 9.90 Å². The largest absolute Gasteiger partial charge is 0.480 e. The molecular weight excluding hydrogens is 226 g/mol. The van der Waals surface area contributed by atoms with Crippen LogP contribution in [0.15, 0.2) is 18.2 Å². The number of carbonyl (C=O) groups is 1. The van der Waals surface area contributed by atoms with Crippen molar-refractivity contribution in [3.8, 4) is 0 Å². The Bertz CT molecular complexity index is 479. The Morgan fingerprint density at radius 1 is 1.50 bits per heavy atom. The standard InChI is InChI=1S/C15H21NO2/c1-10-5-6-13-12(7-10)11(2)8-15(3,4)16(13)9-14(17)18/h5-7,11H,8-9H2,1-4H3,(H,17,18)/t11-/m1/s1. The SMILES string of the molecule is Cc1ccc2c(c1)[C@H](C)CC(C)(C)N2CC(=O)O. The van der Waals surface area contributed by atoms with Gasteiger partial charge in [0.2, 0.25) is 0 Å². The van der Waals surface area contributed by atoms with Gasteiger partial charge in [-0.2, -0.15) is 0 Å². The first-order valence-corrected chi connectivity index (χ1v) is 6.41. The third-order valence-corrected chi connectivity index (χ3v) is 3.83. The molecule has 0 amide bonds. The molecule has 2 rings (SSSR count). The molecule has 3 heteroatoms. The van der Waals surface area contributed by atoms with Crippen LogP contribution in [-0.2, 0) is 4.79 Å². The second kappa shape index (κ2) is 4.30. The van der Waals surface area contributed by atoms with Crippen molar-refractivity contribution in [2.24, 2.45) is 0 Å². The molecule has 0 unspecified atom stereocenters. The lowest BCUT2D eigenvalue weighted by Gasteiger charge is -2.46. The van der Waals surface area contributed by atoms with Crippen molar-refractivity contribution in [1.29, 1.82) is 0 Å². The fourth-order valence-corrected chi connectivity index (χ4v) is 3.04. The summed E-state index contributed by atoms with van der Waals surface area (Å²) < 4.78 is 0. The van der Waals surface area contributed by atoms with E-state index in [0.29, 0.717) is 5.92 Å². The summed E-state index contributed by atoms with van der Waals surface area (Å²) in [5.41, 5.74) is 3.47. The molecule has 1 aliphatic heterocycles. The third-order valence-electron chi connectivity index (χ3n) is 3.83. The quantitative estimate of drug-likeness (QED) is 0.872. The molecule has 0 saturated carbocycles. The van der Waals surface area contributed by atoms with Crippen molar-refractivity contribution in [3.05, 3.63) is 29.3 Å². The lowest BCUT2D eigenvalue weighted by Crippen LogP contribution is -2.50. The second-order valence-electron chi connectivity index (χ2n) is 5.96. The van der Waals surface area contributed by atoms with Crippen LogP contribution in [0.25, 0.3) is 0 Å². The number of rotatable bonds is 2. The highest BCUT2D eigenvalue weighted by Crippen LogP contribution is 2.43. The molecule has 1 aromatic carbocycles. The molecule has 0 spiro atoms. The minimum absolute atomic E-state index is 0.0653. The number of anilines is 1. The van der Waals surface area contributed by atoms with E-state index in [1.807, 2.05) is 4.90 Å². The molecule has 1 heterocycles. The molecule has 0 bridgehead atoms. The topological polar surface area (TPSA) is 40.5 Å². The van der Waals surface area contributed by atoms with Crippen LogP contribution >= 0.6 is 0 Å². The first-order chi connectivity index (χ1) is 8.31. The lowest BCUT2D eigenvalue weighted by molar-refractivity contribution is -0.135. The average molecular weight is 247 g/mol. The van der Waals surface area contributed by atoms with Gasteiger partial charge in [0.25, 0.3) is 0 Å². The van der Waals surface area contributed by atoms with E-state index in [1.54, 1.807) is 0 Å². The van der Waals surface area contributed by atoms with Crippen LogP contribution in [0.2, 0.25) is 0 Å². The first kappa shape index (κ1) is 12.9. The Balaban J connectivity index is 2.51. The van der Waals surface area contributed by atoms with E-state index in [9.17, 15) is 4.79 Å². The molecule has 0 radical (unpaired) electrons. The number of hydrogen-bond acceptors (Lipinski definition) is 2. The molecule has 1 aliphatic rings. The van der Waals surface area contributed by atoms with Crippen LogP contribution in [0.4, 0.5) is 5.69 Å². The number of carboxylic acid groups (broad SMARTS) is 1. The van der Waals surface area contributed by atoms with Crippen LogP contribution in [0.3, 0.4) is 0 Å². The van der Waals surface area contributed by atoms with Crippen molar-refractivity contribution in [3.63, 3.8) is 0 Å². The van der Waals surface area contributed by atoms with E-state index in [1.165, 1.54) is 11.1 Å². The molecule has 3 nitrogen and oxygen atoms in total. The monoisotopic (exact) mass is 247 g/mol. The fraction of sp³-hybridized carbons (Fsp3) is 0.533. The summed E-state index contributed by atoms with van der Waals surface area (Å²) in [4.78, 5) is 13.1. The van der Waals surface area contributed by atoms with Gasteiger partial charge in [0, 0.05) is 11.2 Å². The summed E-state index contributed by atoms with van der Waals surface area (Å²) in [5, 5.41) is 9.10.